The van der Waals surface area contributed by atoms with Crippen molar-refractivity contribution in [3.63, 3.8) is 0 Å². The number of imidazole rings is 1. The average molecular weight is 286 g/mol. The molecule has 0 aliphatic rings. The van der Waals surface area contributed by atoms with E-state index in [2.05, 4.69) is 27.4 Å². The summed E-state index contributed by atoms with van der Waals surface area (Å²) in [6, 6.07) is 9.83. The Morgan fingerprint density at radius 2 is 2.10 bits per heavy atom. The van der Waals surface area contributed by atoms with Gasteiger partial charge in [0.05, 0.1) is 12.4 Å². The second-order valence-corrected chi connectivity index (χ2v) is 5.12. The predicted molar refractivity (Wildman–Crippen MR) is 82.7 cm³/mol. The molecular formula is C16H22N4O. The van der Waals surface area contributed by atoms with Gasteiger partial charge < -0.3 is 16.0 Å². The van der Waals surface area contributed by atoms with Gasteiger partial charge in [0.15, 0.2) is 0 Å². The van der Waals surface area contributed by atoms with Crippen molar-refractivity contribution >= 4 is 5.91 Å². The second kappa shape index (κ2) is 8.21. The third-order valence-electron chi connectivity index (χ3n) is 3.37. The number of hydrogen-bond donors (Lipinski definition) is 3. The van der Waals surface area contributed by atoms with Crippen molar-refractivity contribution in [2.75, 3.05) is 6.54 Å². The quantitative estimate of drug-likeness (QED) is 0.642. The van der Waals surface area contributed by atoms with Gasteiger partial charge in [-0.05, 0) is 24.8 Å². The Morgan fingerprint density at radius 1 is 1.29 bits per heavy atom. The summed E-state index contributed by atoms with van der Waals surface area (Å²) in [5.41, 5.74) is 8.06. The number of unbranched alkanes of at least 4 members (excludes halogenated alkanes) is 1. The summed E-state index contributed by atoms with van der Waals surface area (Å²) in [7, 11) is 0. The number of rotatable bonds is 8. The van der Waals surface area contributed by atoms with Crippen LogP contribution in [0.4, 0.5) is 0 Å². The fourth-order valence-corrected chi connectivity index (χ4v) is 2.17. The fraction of sp³-hybridized carbons (Fsp3) is 0.375. The number of carbonyl (C=O) groups is 1. The zero-order valence-corrected chi connectivity index (χ0v) is 12.1. The maximum Gasteiger partial charge on any atom is 0.237 e. The van der Waals surface area contributed by atoms with Crippen molar-refractivity contribution in [2.45, 2.75) is 31.7 Å². The van der Waals surface area contributed by atoms with Crippen LogP contribution >= 0.6 is 0 Å². The average Bonchev–Trinajstić information content (AvgIpc) is 3.00. The Morgan fingerprint density at radius 3 is 2.81 bits per heavy atom. The predicted octanol–water partition coefficient (Wildman–Crippen LogP) is 1.42. The maximum absolute atomic E-state index is 11.8. The van der Waals surface area contributed by atoms with E-state index >= 15 is 0 Å². The number of benzene rings is 1. The summed E-state index contributed by atoms with van der Waals surface area (Å²) >= 11 is 0. The first-order valence-corrected chi connectivity index (χ1v) is 7.30. The van der Waals surface area contributed by atoms with Crippen molar-refractivity contribution in [3.05, 3.63) is 54.1 Å². The maximum atomic E-state index is 11.8. The van der Waals surface area contributed by atoms with Gasteiger partial charge in [0.2, 0.25) is 5.91 Å². The number of nitrogens with two attached hydrogens (primary N) is 1. The van der Waals surface area contributed by atoms with Crippen LogP contribution in [-0.2, 0) is 17.6 Å². The van der Waals surface area contributed by atoms with Crippen LogP contribution in [0.5, 0.6) is 0 Å². The van der Waals surface area contributed by atoms with E-state index in [9.17, 15) is 4.79 Å². The lowest BCUT2D eigenvalue weighted by Crippen LogP contribution is -2.42. The van der Waals surface area contributed by atoms with Crippen molar-refractivity contribution in [2.24, 2.45) is 5.73 Å². The molecule has 21 heavy (non-hydrogen) atoms. The third-order valence-corrected chi connectivity index (χ3v) is 3.37. The molecular weight excluding hydrogens is 264 g/mol. The Bertz CT molecular complexity index is 524. The minimum absolute atomic E-state index is 0.107. The highest BCUT2D eigenvalue weighted by Crippen LogP contribution is 2.04. The number of nitrogens with one attached hydrogen (secondary N) is 2. The number of aromatic nitrogens is 2. The topological polar surface area (TPSA) is 83.8 Å². The molecule has 1 unspecified atom stereocenters. The van der Waals surface area contributed by atoms with E-state index in [4.69, 9.17) is 5.73 Å². The number of hydrogen-bond acceptors (Lipinski definition) is 3. The SMILES string of the molecule is NC(Cc1cnc[nH]1)C(=O)NCCCCc1ccccc1. The third kappa shape index (κ3) is 5.39. The van der Waals surface area contributed by atoms with Crippen LogP contribution in [0.2, 0.25) is 0 Å². The van der Waals surface area contributed by atoms with Crippen LogP contribution in [0.1, 0.15) is 24.1 Å². The Hall–Kier alpha value is -2.14. The molecule has 0 aliphatic carbocycles. The number of amides is 1. The fourth-order valence-electron chi connectivity index (χ4n) is 2.17. The molecule has 1 aromatic heterocycles. The Labute approximate surface area is 125 Å². The lowest BCUT2D eigenvalue weighted by atomic mass is 10.1. The van der Waals surface area contributed by atoms with Gasteiger partial charge in [-0.25, -0.2) is 4.98 Å². The van der Waals surface area contributed by atoms with Gasteiger partial charge in [-0.1, -0.05) is 30.3 Å². The second-order valence-electron chi connectivity index (χ2n) is 5.12. The molecule has 2 rings (SSSR count). The van der Waals surface area contributed by atoms with Gasteiger partial charge in [0.25, 0.3) is 0 Å². The zero-order chi connectivity index (χ0) is 14.9. The molecule has 0 radical (unpaired) electrons. The molecule has 112 valence electrons. The van der Waals surface area contributed by atoms with Crippen LogP contribution in [0.3, 0.4) is 0 Å². The van der Waals surface area contributed by atoms with Crippen molar-refractivity contribution in [1.29, 1.82) is 0 Å². The van der Waals surface area contributed by atoms with Crippen LogP contribution in [0.25, 0.3) is 0 Å². The normalized spacial score (nSPS) is 12.0. The number of aromatic amines is 1. The molecule has 0 bridgehead atoms. The molecule has 5 heteroatoms. The van der Waals surface area contributed by atoms with Crippen LogP contribution < -0.4 is 11.1 Å². The highest BCUT2D eigenvalue weighted by Gasteiger charge is 2.13. The smallest absolute Gasteiger partial charge is 0.237 e. The first-order chi connectivity index (χ1) is 10.3. The molecule has 1 heterocycles. The summed E-state index contributed by atoms with van der Waals surface area (Å²) in [5, 5.41) is 2.88. The van der Waals surface area contributed by atoms with E-state index in [0.29, 0.717) is 13.0 Å². The standard InChI is InChI=1S/C16H22N4O/c17-15(10-14-11-18-12-20-14)16(21)19-9-5-4-8-13-6-2-1-3-7-13/h1-3,6-7,11-12,15H,4-5,8-10,17H2,(H,18,20)(H,19,21). The summed E-state index contributed by atoms with van der Waals surface area (Å²) in [4.78, 5) is 18.7. The Kier molecular flexibility index (Phi) is 5.97. The zero-order valence-electron chi connectivity index (χ0n) is 12.1. The summed E-state index contributed by atoms with van der Waals surface area (Å²) < 4.78 is 0. The van der Waals surface area contributed by atoms with Crippen molar-refractivity contribution in [3.8, 4) is 0 Å². The molecule has 1 aromatic carbocycles. The monoisotopic (exact) mass is 286 g/mol. The highest BCUT2D eigenvalue weighted by molar-refractivity contribution is 5.81. The van der Waals surface area contributed by atoms with E-state index in [1.807, 2.05) is 18.2 Å². The molecule has 2 aromatic rings. The number of nitrogens with zero attached hydrogens (tertiary/aromatic N) is 1. The first-order valence-electron chi connectivity index (χ1n) is 7.30. The lowest BCUT2D eigenvalue weighted by molar-refractivity contribution is -0.122. The largest absolute Gasteiger partial charge is 0.355 e. The van der Waals surface area contributed by atoms with Gasteiger partial charge in [-0.3, -0.25) is 4.79 Å². The summed E-state index contributed by atoms with van der Waals surface area (Å²) in [6.45, 7) is 0.669. The van der Waals surface area contributed by atoms with E-state index in [-0.39, 0.29) is 5.91 Å². The van der Waals surface area contributed by atoms with E-state index in [1.165, 1.54) is 5.56 Å². The lowest BCUT2D eigenvalue weighted by Gasteiger charge is -2.11. The molecule has 1 atom stereocenters. The van der Waals surface area contributed by atoms with Crippen molar-refractivity contribution < 1.29 is 4.79 Å². The minimum atomic E-state index is -0.528. The van der Waals surface area contributed by atoms with Crippen LogP contribution in [0.15, 0.2) is 42.9 Å². The molecule has 0 saturated carbocycles. The van der Waals surface area contributed by atoms with Gasteiger partial charge in [0, 0.05) is 24.9 Å². The van der Waals surface area contributed by atoms with Crippen LogP contribution in [0, 0.1) is 0 Å². The number of H-pyrrole nitrogens is 1. The van der Waals surface area contributed by atoms with Crippen LogP contribution in [-0.4, -0.2) is 28.5 Å². The molecule has 0 aliphatic heterocycles. The van der Waals surface area contributed by atoms with Gasteiger partial charge in [-0.2, -0.15) is 0 Å². The molecule has 0 spiro atoms. The van der Waals surface area contributed by atoms with E-state index < -0.39 is 6.04 Å². The molecule has 0 saturated heterocycles. The Balaban J connectivity index is 1.58. The van der Waals surface area contributed by atoms with E-state index in [1.54, 1.807) is 12.5 Å². The molecule has 5 nitrogen and oxygen atoms in total. The van der Waals surface area contributed by atoms with Crippen molar-refractivity contribution in [1.82, 2.24) is 15.3 Å². The molecule has 1 amide bonds. The molecule has 4 N–H and O–H groups in total. The minimum Gasteiger partial charge on any atom is -0.355 e. The highest BCUT2D eigenvalue weighted by atomic mass is 16.2. The first kappa shape index (κ1) is 15.3. The van der Waals surface area contributed by atoms with Gasteiger partial charge in [-0.15, -0.1) is 0 Å². The molecule has 0 fully saturated rings. The van der Waals surface area contributed by atoms with Gasteiger partial charge in [0.1, 0.15) is 0 Å². The van der Waals surface area contributed by atoms with E-state index in [0.717, 1.165) is 25.0 Å². The number of aryl methyl sites for hydroxylation is 1. The summed E-state index contributed by atoms with van der Waals surface area (Å²) in [6.07, 6.45) is 6.81. The summed E-state index contributed by atoms with van der Waals surface area (Å²) in [5.74, 6) is -0.107. The van der Waals surface area contributed by atoms with Gasteiger partial charge >= 0.3 is 0 Å². The number of carbonyl (C=O) groups excluding carboxylic acids is 1.